The van der Waals surface area contributed by atoms with Gasteiger partial charge in [-0.05, 0) is 0 Å². The molecule has 0 bridgehead atoms. The molecule has 5 heavy (non-hydrogen) atoms. The molecule has 0 spiro atoms. The molecule has 0 radical (unpaired) electrons. The van der Waals surface area contributed by atoms with Crippen molar-refractivity contribution in [3.8, 4) is 0 Å². The van der Waals surface area contributed by atoms with Gasteiger partial charge in [0.15, 0.2) is 0 Å². The summed E-state index contributed by atoms with van der Waals surface area (Å²) >= 11 is 0. The molecule has 0 saturated carbocycles. The Morgan fingerprint density at radius 3 is 1.80 bits per heavy atom. The van der Waals surface area contributed by atoms with Crippen molar-refractivity contribution >= 4 is 9.24 Å². The van der Waals surface area contributed by atoms with Crippen LogP contribution in [0.25, 0.3) is 0 Å². The van der Waals surface area contributed by atoms with Crippen LogP contribution in [0, 0.1) is 0 Å². The lowest BCUT2D eigenvalue weighted by Gasteiger charge is -2.02. The standard InChI is InChI=1S/C2H6OP.H3N/c1-2(3)4;/h2H,4H2,1H3;1H3/q-1;/p+1. The summed E-state index contributed by atoms with van der Waals surface area (Å²) in [7, 11) is 2.10. The minimum Gasteiger partial charge on any atom is -0.849 e. The van der Waals surface area contributed by atoms with E-state index >= 15 is 0 Å². The highest BCUT2D eigenvalue weighted by Gasteiger charge is 1.53. The summed E-state index contributed by atoms with van der Waals surface area (Å²) in [4.78, 5) is 0. The van der Waals surface area contributed by atoms with E-state index in [1.165, 1.54) is 0 Å². The first-order valence-electron chi connectivity index (χ1n) is 1.15. The number of quaternary nitrogens is 1. The number of hydrogen-bond acceptors (Lipinski definition) is 1. The molecule has 0 aliphatic carbocycles. The van der Waals surface area contributed by atoms with Gasteiger partial charge < -0.3 is 11.3 Å². The summed E-state index contributed by atoms with van der Waals surface area (Å²) in [6.45, 7) is 1.57. The molecule has 0 amide bonds. The molecular formula is C2H10NOP. The molecule has 4 N–H and O–H groups in total. The van der Waals surface area contributed by atoms with E-state index in [-0.39, 0.29) is 6.15 Å². The molecule has 0 fully saturated rings. The van der Waals surface area contributed by atoms with Gasteiger partial charge in [0.05, 0.1) is 0 Å². The first kappa shape index (κ1) is 9.02. The highest BCUT2D eigenvalue weighted by Crippen LogP contribution is 1.80. The largest absolute Gasteiger partial charge is 0.849 e. The molecular weight excluding hydrogens is 85.0 g/mol. The Hall–Kier alpha value is 0.350. The third-order valence-electron chi connectivity index (χ3n) is 0. The third kappa shape index (κ3) is 196. The van der Waals surface area contributed by atoms with Gasteiger partial charge in [0.1, 0.15) is 0 Å². The SMILES string of the molecule is CC([O-])P.[NH4+]. The van der Waals surface area contributed by atoms with E-state index in [0.29, 0.717) is 0 Å². The van der Waals surface area contributed by atoms with Crippen molar-refractivity contribution in [1.82, 2.24) is 6.15 Å². The van der Waals surface area contributed by atoms with Gasteiger partial charge in [-0.25, -0.2) is 0 Å². The van der Waals surface area contributed by atoms with Gasteiger partial charge in [-0.1, -0.05) is 6.92 Å². The van der Waals surface area contributed by atoms with Crippen LogP contribution in [0.15, 0.2) is 0 Å². The molecule has 2 unspecified atom stereocenters. The lowest BCUT2D eigenvalue weighted by atomic mass is 10.9. The molecule has 0 heterocycles. The zero-order chi connectivity index (χ0) is 3.58. The van der Waals surface area contributed by atoms with Crippen LogP contribution in [0.2, 0.25) is 0 Å². The fourth-order valence-electron chi connectivity index (χ4n) is 0. The van der Waals surface area contributed by atoms with Crippen LogP contribution in [-0.2, 0) is 0 Å². The highest BCUT2D eigenvalue weighted by atomic mass is 31.0. The predicted octanol–water partition coefficient (Wildman–Crippen LogP) is -0.0560. The summed E-state index contributed by atoms with van der Waals surface area (Å²) in [6.07, 6.45) is 0. The summed E-state index contributed by atoms with van der Waals surface area (Å²) in [5.74, 6) is -0.500. The van der Waals surface area contributed by atoms with Crippen LogP contribution in [0.1, 0.15) is 6.92 Å². The van der Waals surface area contributed by atoms with Gasteiger partial charge in [0, 0.05) is 0 Å². The van der Waals surface area contributed by atoms with Crippen LogP contribution in [0.4, 0.5) is 0 Å². The van der Waals surface area contributed by atoms with Crippen LogP contribution in [0.3, 0.4) is 0 Å². The molecule has 0 aliphatic rings. The van der Waals surface area contributed by atoms with E-state index in [4.69, 9.17) is 0 Å². The highest BCUT2D eigenvalue weighted by molar-refractivity contribution is 7.17. The van der Waals surface area contributed by atoms with Crippen LogP contribution < -0.4 is 11.3 Å². The van der Waals surface area contributed by atoms with Crippen molar-refractivity contribution in [2.45, 2.75) is 12.8 Å². The topological polar surface area (TPSA) is 59.6 Å². The second kappa shape index (κ2) is 4.35. The van der Waals surface area contributed by atoms with Crippen LogP contribution >= 0.6 is 9.24 Å². The van der Waals surface area contributed by atoms with Gasteiger partial charge in [-0.15, -0.1) is 5.85 Å². The minimum atomic E-state index is -0.500. The number of rotatable bonds is 0. The fourth-order valence-corrected chi connectivity index (χ4v) is 0. The van der Waals surface area contributed by atoms with Crippen molar-refractivity contribution < 1.29 is 5.11 Å². The predicted molar refractivity (Wildman–Crippen MR) is 25.2 cm³/mol. The average molecular weight is 95.1 g/mol. The maximum Gasteiger partial charge on any atom is -0.0745 e. The molecule has 34 valence electrons. The van der Waals surface area contributed by atoms with Gasteiger partial charge in [-0.3, -0.25) is 0 Å². The van der Waals surface area contributed by atoms with E-state index in [2.05, 4.69) is 9.24 Å². The molecule has 0 saturated heterocycles. The second-order valence-corrected chi connectivity index (χ2v) is 1.64. The lowest BCUT2D eigenvalue weighted by Crippen LogP contribution is -2.09. The lowest BCUT2D eigenvalue weighted by molar-refractivity contribution is -0.380. The van der Waals surface area contributed by atoms with Crippen molar-refractivity contribution in [3.63, 3.8) is 0 Å². The first-order valence-corrected chi connectivity index (χ1v) is 1.81. The smallest absolute Gasteiger partial charge is 0.0745 e. The zero-order valence-electron chi connectivity index (χ0n) is 3.56. The quantitative estimate of drug-likeness (QED) is 0.421. The Balaban J connectivity index is 0. The Labute approximate surface area is 34.4 Å². The Morgan fingerprint density at radius 2 is 1.80 bits per heavy atom. The molecule has 0 aromatic rings. The Bertz CT molecular complexity index is 14.4. The van der Waals surface area contributed by atoms with Crippen LogP contribution in [-0.4, -0.2) is 5.85 Å². The third-order valence-corrected chi connectivity index (χ3v) is 0. The molecule has 0 aromatic carbocycles. The van der Waals surface area contributed by atoms with Crippen LogP contribution in [0.5, 0.6) is 0 Å². The van der Waals surface area contributed by atoms with Gasteiger partial charge in [0.25, 0.3) is 0 Å². The summed E-state index contributed by atoms with van der Waals surface area (Å²) in [6, 6.07) is 0. The van der Waals surface area contributed by atoms with E-state index in [1.54, 1.807) is 6.92 Å². The van der Waals surface area contributed by atoms with Crippen molar-refractivity contribution in [1.29, 1.82) is 0 Å². The van der Waals surface area contributed by atoms with E-state index < -0.39 is 5.85 Å². The summed E-state index contributed by atoms with van der Waals surface area (Å²) < 4.78 is 0. The molecule has 0 aliphatic heterocycles. The Morgan fingerprint density at radius 1 is 1.80 bits per heavy atom. The molecule has 2 nitrogen and oxygen atoms in total. The molecule has 3 heteroatoms. The zero-order valence-corrected chi connectivity index (χ0v) is 4.72. The normalized spacial score (nSPS) is 12.6. The molecule has 0 rings (SSSR count). The van der Waals surface area contributed by atoms with Gasteiger partial charge >= 0.3 is 0 Å². The maximum absolute atomic E-state index is 9.49. The summed E-state index contributed by atoms with van der Waals surface area (Å²) in [5, 5.41) is 9.49. The monoisotopic (exact) mass is 95.1 g/mol. The van der Waals surface area contributed by atoms with Gasteiger partial charge in [0.2, 0.25) is 0 Å². The minimum absolute atomic E-state index is 0. The van der Waals surface area contributed by atoms with Crippen molar-refractivity contribution in [2.75, 3.05) is 0 Å². The molecule has 2 atom stereocenters. The van der Waals surface area contributed by atoms with E-state index in [9.17, 15) is 5.11 Å². The van der Waals surface area contributed by atoms with Crippen molar-refractivity contribution in [3.05, 3.63) is 0 Å². The summed E-state index contributed by atoms with van der Waals surface area (Å²) in [5.41, 5.74) is 0. The van der Waals surface area contributed by atoms with Gasteiger partial charge in [-0.2, -0.15) is 9.24 Å². The first-order chi connectivity index (χ1) is 1.73. The maximum atomic E-state index is 9.49. The molecule has 0 aromatic heterocycles. The number of hydrogen-bond donors (Lipinski definition) is 1. The fraction of sp³-hybridized carbons (Fsp3) is 1.00. The second-order valence-electron chi connectivity index (χ2n) is 0.705. The Kier molecular flexibility index (Phi) is 7.85. The van der Waals surface area contributed by atoms with Crippen molar-refractivity contribution in [2.24, 2.45) is 0 Å². The van der Waals surface area contributed by atoms with E-state index in [1.807, 2.05) is 0 Å². The average Bonchev–Trinajstić information content (AvgIpc) is 0.811. The van der Waals surface area contributed by atoms with E-state index in [0.717, 1.165) is 0 Å².